The van der Waals surface area contributed by atoms with E-state index < -0.39 is 0 Å². The molecule has 0 aliphatic rings. The molecule has 0 spiro atoms. The molecule has 0 atom stereocenters. The summed E-state index contributed by atoms with van der Waals surface area (Å²) in [6.45, 7) is 11.4. The number of rotatable bonds is 4. The average Bonchev–Trinajstić information content (AvgIpc) is 2.18. The van der Waals surface area contributed by atoms with Gasteiger partial charge in [-0.2, -0.15) is 0 Å². The van der Waals surface area contributed by atoms with Crippen molar-refractivity contribution in [1.82, 2.24) is 5.32 Å². The van der Waals surface area contributed by atoms with Crippen LogP contribution in [0.2, 0.25) is 0 Å². The zero-order valence-electron chi connectivity index (χ0n) is 11.1. The third kappa shape index (κ3) is 16.0. The predicted molar refractivity (Wildman–Crippen MR) is 65.1 cm³/mol. The van der Waals surface area contributed by atoms with Gasteiger partial charge in [-0.3, -0.25) is 0 Å². The normalized spacial score (nSPS) is 10.0. The van der Waals surface area contributed by atoms with Gasteiger partial charge in [-0.05, 0) is 18.3 Å². The molecule has 0 saturated heterocycles. The SMILES string of the molecule is CC.COC(=O)NCCCCC(C)(C)C. The van der Waals surface area contributed by atoms with Gasteiger partial charge in [0.15, 0.2) is 0 Å². The van der Waals surface area contributed by atoms with Gasteiger partial charge < -0.3 is 10.1 Å². The molecular weight excluding hydrogens is 190 g/mol. The van der Waals surface area contributed by atoms with Crippen LogP contribution in [0.1, 0.15) is 53.9 Å². The zero-order valence-corrected chi connectivity index (χ0v) is 11.1. The molecule has 0 aliphatic heterocycles. The minimum absolute atomic E-state index is 0.337. The van der Waals surface area contributed by atoms with Crippen LogP contribution in [0.15, 0.2) is 0 Å². The molecule has 0 radical (unpaired) electrons. The van der Waals surface area contributed by atoms with Crippen LogP contribution < -0.4 is 5.32 Å². The van der Waals surface area contributed by atoms with Gasteiger partial charge in [-0.25, -0.2) is 4.79 Å². The number of unbranched alkanes of at least 4 members (excludes halogenated alkanes) is 1. The van der Waals surface area contributed by atoms with E-state index in [-0.39, 0.29) is 6.09 Å². The summed E-state index contributed by atoms with van der Waals surface area (Å²) >= 11 is 0. The molecule has 92 valence electrons. The molecule has 15 heavy (non-hydrogen) atoms. The van der Waals surface area contributed by atoms with Gasteiger partial charge in [0.2, 0.25) is 0 Å². The molecule has 0 aromatic carbocycles. The molecular formula is C12H27NO2. The first-order chi connectivity index (χ1) is 6.95. The van der Waals surface area contributed by atoms with E-state index in [0.29, 0.717) is 12.0 Å². The molecule has 1 amide bonds. The van der Waals surface area contributed by atoms with Crippen LogP contribution in [0.3, 0.4) is 0 Å². The Morgan fingerprint density at radius 1 is 1.20 bits per heavy atom. The maximum atomic E-state index is 10.6. The van der Waals surface area contributed by atoms with E-state index in [4.69, 9.17) is 0 Å². The minimum Gasteiger partial charge on any atom is -0.453 e. The summed E-state index contributed by atoms with van der Waals surface area (Å²) in [4.78, 5) is 10.6. The number of nitrogens with one attached hydrogen (secondary N) is 1. The Labute approximate surface area is 94.6 Å². The number of carbonyl (C=O) groups excluding carboxylic acids is 1. The van der Waals surface area contributed by atoms with Crippen molar-refractivity contribution in [3.05, 3.63) is 0 Å². The van der Waals surface area contributed by atoms with Crippen LogP contribution in [-0.4, -0.2) is 19.7 Å². The lowest BCUT2D eigenvalue weighted by Crippen LogP contribution is -2.24. The van der Waals surface area contributed by atoms with E-state index in [1.54, 1.807) is 0 Å². The van der Waals surface area contributed by atoms with E-state index >= 15 is 0 Å². The molecule has 0 aliphatic carbocycles. The summed E-state index contributed by atoms with van der Waals surface area (Å²) in [5.74, 6) is 0. The fourth-order valence-electron chi connectivity index (χ4n) is 1.04. The summed E-state index contributed by atoms with van der Waals surface area (Å²) in [7, 11) is 1.38. The fourth-order valence-corrected chi connectivity index (χ4v) is 1.04. The highest BCUT2D eigenvalue weighted by Crippen LogP contribution is 2.20. The molecule has 3 heteroatoms. The Morgan fingerprint density at radius 2 is 1.73 bits per heavy atom. The highest BCUT2D eigenvalue weighted by molar-refractivity contribution is 5.66. The minimum atomic E-state index is -0.337. The third-order valence-electron chi connectivity index (χ3n) is 1.81. The van der Waals surface area contributed by atoms with Gasteiger partial charge in [0, 0.05) is 6.54 Å². The van der Waals surface area contributed by atoms with Crippen molar-refractivity contribution < 1.29 is 9.53 Å². The van der Waals surface area contributed by atoms with Gasteiger partial charge >= 0.3 is 6.09 Å². The van der Waals surface area contributed by atoms with Crippen molar-refractivity contribution in [2.24, 2.45) is 5.41 Å². The monoisotopic (exact) mass is 217 g/mol. The van der Waals surface area contributed by atoms with Gasteiger partial charge in [0.05, 0.1) is 7.11 Å². The second kappa shape index (κ2) is 9.81. The molecule has 0 unspecified atom stereocenters. The van der Waals surface area contributed by atoms with Gasteiger partial charge in [-0.15, -0.1) is 0 Å². The first-order valence-electron chi connectivity index (χ1n) is 5.77. The largest absolute Gasteiger partial charge is 0.453 e. The quantitative estimate of drug-likeness (QED) is 0.731. The highest BCUT2D eigenvalue weighted by atomic mass is 16.5. The van der Waals surface area contributed by atoms with Crippen molar-refractivity contribution in [3.8, 4) is 0 Å². The molecule has 0 saturated carbocycles. The van der Waals surface area contributed by atoms with Crippen LogP contribution in [-0.2, 0) is 4.74 Å². The standard InChI is InChI=1S/C10H21NO2.C2H6/c1-10(2,3)7-5-6-8-11-9(12)13-4;1-2/h5-8H2,1-4H3,(H,11,12);1-2H3. The molecule has 0 aromatic heterocycles. The lowest BCUT2D eigenvalue weighted by atomic mass is 9.90. The van der Waals surface area contributed by atoms with Crippen LogP contribution in [0.5, 0.6) is 0 Å². The summed E-state index contributed by atoms with van der Waals surface area (Å²) in [6, 6.07) is 0. The van der Waals surface area contributed by atoms with Gasteiger partial charge in [0.25, 0.3) is 0 Å². The Balaban J connectivity index is 0. The number of hydrogen-bond donors (Lipinski definition) is 1. The van der Waals surface area contributed by atoms with E-state index in [1.165, 1.54) is 13.5 Å². The predicted octanol–water partition coefficient (Wildman–Crippen LogP) is 3.59. The zero-order chi connectivity index (χ0) is 12.3. The number of hydrogen-bond acceptors (Lipinski definition) is 2. The first-order valence-corrected chi connectivity index (χ1v) is 5.77. The number of ether oxygens (including phenoxy) is 1. The van der Waals surface area contributed by atoms with Crippen LogP contribution in [0.4, 0.5) is 4.79 Å². The Bertz CT molecular complexity index is 150. The van der Waals surface area contributed by atoms with Crippen molar-refractivity contribution in [3.63, 3.8) is 0 Å². The number of methoxy groups -OCH3 is 1. The molecule has 0 heterocycles. The topological polar surface area (TPSA) is 38.3 Å². The summed E-state index contributed by atoms with van der Waals surface area (Å²) in [5.41, 5.74) is 0.394. The third-order valence-corrected chi connectivity index (χ3v) is 1.81. The van der Waals surface area contributed by atoms with Crippen LogP contribution >= 0.6 is 0 Å². The molecule has 1 N–H and O–H groups in total. The maximum absolute atomic E-state index is 10.6. The Kier molecular flexibility index (Phi) is 10.9. The average molecular weight is 217 g/mol. The molecule has 0 aromatic rings. The fraction of sp³-hybridized carbons (Fsp3) is 0.917. The van der Waals surface area contributed by atoms with Crippen molar-refractivity contribution >= 4 is 6.09 Å². The molecule has 0 rings (SSSR count). The number of alkyl carbamates (subject to hydrolysis) is 1. The second-order valence-corrected chi connectivity index (χ2v) is 4.44. The lowest BCUT2D eigenvalue weighted by molar-refractivity contribution is 0.170. The second-order valence-electron chi connectivity index (χ2n) is 4.44. The van der Waals surface area contributed by atoms with E-state index in [1.807, 2.05) is 13.8 Å². The van der Waals surface area contributed by atoms with Crippen molar-refractivity contribution in [2.45, 2.75) is 53.9 Å². The van der Waals surface area contributed by atoms with Crippen molar-refractivity contribution in [1.29, 1.82) is 0 Å². The number of amides is 1. The van der Waals surface area contributed by atoms with Gasteiger partial charge in [0.1, 0.15) is 0 Å². The number of carbonyl (C=O) groups is 1. The summed E-state index contributed by atoms with van der Waals surface area (Å²) in [6.07, 6.45) is 3.02. The molecule has 0 bridgehead atoms. The first kappa shape index (κ1) is 16.7. The van der Waals surface area contributed by atoms with E-state index in [0.717, 1.165) is 12.8 Å². The van der Waals surface area contributed by atoms with E-state index in [9.17, 15) is 4.79 Å². The maximum Gasteiger partial charge on any atom is 0.406 e. The van der Waals surface area contributed by atoms with Gasteiger partial charge in [-0.1, -0.05) is 41.0 Å². The van der Waals surface area contributed by atoms with Crippen molar-refractivity contribution in [2.75, 3.05) is 13.7 Å². The molecule has 0 fully saturated rings. The smallest absolute Gasteiger partial charge is 0.406 e. The highest BCUT2D eigenvalue weighted by Gasteiger charge is 2.08. The summed E-state index contributed by atoms with van der Waals surface area (Å²) < 4.78 is 4.45. The lowest BCUT2D eigenvalue weighted by Gasteiger charge is -2.17. The summed E-state index contributed by atoms with van der Waals surface area (Å²) in [5, 5.41) is 2.66. The molecule has 3 nitrogen and oxygen atoms in total. The van der Waals surface area contributed by atoms with Crippen LogP contribution in [0.25, 0.3) is 0 Å². The van der Waals surface area contributed by atoms with E-state index in [2.05, 4.69) is 30.8 Å². The Morgan fingerprint density at radius 3 is 2.13 bits per heavy atom. The van der Waals surface area contributed by atoms with Crippen LogP contribution in [0, 0.1) is 5.41 Å². The Hall–Kier alpha value is -0.730.